The van der Waals surface area contributed by atoms with Crippen molar-refractivity contribution in [3.05, 3.63) is 30.3 Å². The van der Waals surface area contributed by atoms with Gasteiger partial charge in [-0.2, -0.15) is 0 Å². The molecule has 1 aliphatic rings. The molecule has 0 spiro atoms. The fraction of sp³-hybridized carbons (Fsp3) is 0.100. The Morgan fingerprint density at radius 1 is 1.06 bits per heavy atom. The van der Waals surface area contributed by atoms with Crippen LogP contribution < -0.4 is 16.2 Å². The van der Waals surface area contributed by atoms with Gasteiger partial charge in [-0.3, -0.25) is 25.2 Å². The largest absolute Gasteiger partial charge is 0.325 e. The second-order valence-electron chi connectivity index (χ2n) is 3.27. The van der Waals surface area contributed by atoms with Gasteiger partial charge in [0.25, 0.3) is 11.8 Å². The van der Waals surface area contributed by atoms with Crippen molar-refractivity contribution < 1.29 is 14.4 Å². The van der Waals surface area contributed by atoms with Crippen LogP contribution in [-0.4, -0.2) is 17.7 Å². The Labute approximate surface area is 91.0 Å². The average molecular weight is 219 g/mol. The molecule has 0 aliphatic carbocycles. The Balaban J connectivity index is 2.09. The molecule has 3 N–H and O–H groups in total. The molecule has 3 amide bonds. The zero-order valence-corrected chi connectivity index (χ0v) is 8.19. The number of hydrogen-bond acceptors (Lipinski definition) is 3. The predicted octanol–water partition coefficient (Wildman–Crippen LogP) is -0.598. The first-order chi connectivity index (χ1) is 7.68. The molecule has 1 aromatic rings. The van der Waals surface area contributed by atoms with E-state index >= 15 is 0 Å². The first kappa shape index (κ1) is 10.2. The standard InChI is InChI=1S/C10H9N3O3/c14-8(7-9(15)12-13-10(7)16)11-6-4-2-1-3-5-6/h1-5,7H,(H,11,14)(H,12,15)(H,13,16). The molecular formula is C10H9N3O3. The molecule has 0 atom stereocenters. The van der Waals surface area contributed by atoms with Crippen LogP contribution in [0.2, 0.25) is 0 Å². The smallest absolute Gasteiger partial charge is 0.260 e. The number of hydrogen-bond donors (Lipinski definition) is 3. The molecule has 1 heterocycles. The highest BCUT2D eigenvalue weighted by molar-refractivity contribution is 6.23. The van der Waals surface area contributed by atoms with Gasteiger partial charge in [-0.05, 0) is 12.1 Å². The van der Waals surface area contributed by atoms with Gasteiger partial charge in [-0.25, -0.2) is 0 Å². The van der Waals surface area contributed by atoms with E-state index in [0.717, 1.165) is 0 Å². The van der Waals surface area contributed by atoms with Crippen molar-refractivity contribution in [2.75, 3.05) is 5.32 Å². The lowest BCUT2D eigenvalue weighted by molar-refractivity contribution is -0.135. The van der Waals surface area contributed by atoms with E-state index < -0.39 is 23.6 Å². The lowest BCUT2D eigenvalue weighted by Gasteiger charge is -2.06. The van der Waals surface area contributed by atoms with Crippen LogP contribution in [0.25, 0.3) is 0 Å². The second-order valence-corrected chi connectivity index (χ2v) is 3.27. The van der Waals surface area contributed by atoms with Gasteiger partial charge in [0, 0.05) is 5.69 Å². The number of anilines is 1. The van der Waals surface area contributed by atoms with E-state index in [1.807, 2.05) is 0 Å². The van der Waals surface area contributed by atoms with Crippen LogP contribution in [0.15, 0.2) is 30.3 Å². The maximum Gasteiger partial charge on any atom is 0.260 e. The molecule has 0 radical (unpaired) electrons. The molecule has 1 aromatic carbocycles. The van der Waals surface area contributed by atoms with Crippen molar-refractivity contribution in [2.45, 2.75) is 0 Å². The van der Waals surface area contributed by atoms with Crippen molar-refractivity contribution in [3.8, 4) is 0 Å². The summed E-state index contributed by atoms with van der Waals surface area (Å²) in [4.78, 5) is 33.9. The van der Waals surface area contributed by atoms with Gasteiger partial charge in [0.15, 0.2) is 5.92 Å². The highest BCUT2D eigenvalue weighted by Crippen LogP contribution is 2.09. The van der Waals surface area contributed by atoms with Gasteiger partial charge >= 0.3 is 0 Å². The number of amides is 3. The molecular weight excluding hydrogens is 210 g/mol. The lowest BCUT2D eigenvalue weighted by Crippen LogP contribution is -2.32. The van der Waals surface area contributed by atoms with Crippen LogP contribution in [0.3, 0.4) is 0 Å². The van der Waals surface area contributed by atoms with E-state index in [9.17, 15) is 14.4 Å². The van der Waals surface area contributed by atoms with E-state index in [1.165, 1.54) is 0 Å². The molecule has 6 heteroatoms. The molecule has 16 heavy (non-hydrogen) atoms. The third kappa shape index (κ3) is 1.85. The highest BCUT2D eigenvalue weighted by Gasteiger charge is 2.39. The molecule has 0 aromatic heterocycles. The van der Waals surface area contributed by atoms with Gasteiger partial charge in [0.2, 0.25) is 5.91 Å². The van der Waals surface area contributed by atoms with Crippen LogP contribution >= 0.6 is 0 Å². The van der Waals surface area contributed by atoms with Crippen molar-refractivity contribution in [3.63, 3.8) is 0 Å². The van der Waals surface area contributed by atoms with E-state index in [0.29, 0.717) is 5.69 Å². The molecule has 6 nitrogen and oxygen atoms in total. The molecule has 0 bridgehead atoms. The lowest BCUT2D eigenvalue weighted by atomic mass is 10.1. The summed E-state index contributed by atoms with van der Waals surface area (Å²) in [6.45, 7) is 0. The third-order valence-electron chi connectivity index (χ3n) is 2.14. The van der Waals surface area contributed by atoms with Gasteiger partial charge < -0.3 is 5.32 Å². The van der Waals surface area contributed by atoms with Crippen molar-refractivity contribution in [2.24, 2.45) is 5.92 Å². The van der Waals surface area contributed by atoms with Gasteiger partial charge in [-0.15, -0.1) is 0 Å². The predicted molar refractivity (Wildman–Crippen MR) is 54.8 cm³/mol. The molecule has 0 unspecified atom stereocenters. The van der Waals surface area contributed by atoms with Gasteiger partial charge in [0.05, 0.1) is 0 Å². The minimum atomic E-state index is -1.32. The quantitative estimate of drug-likeness (QED) is 0.580. The first-order valence-corrected chi connectivity index (χ1v) is 4.64. The van der Waals surface area contributed by atoms with Crippen LogP contribution in [-0.2, 0) is 14.4 Å². The number of para-hydroxylation sites is 1. The number of carbonyl (C=O) groups is 3. The third-order valence-corrected chi connectivity index (χ3v) is 2.14. The number of carbonyl (C=O) groups excluding carboxylic acids is 3. The Hall–Kier alpha value is -2.37. The van der Waals surface area contributed by atoms with E-state index in [2.05, 4.69) is 16.2 Å². The first-order valence-electron chi connectivity index (χ1n) is 4.64. The molecule has 1 saturated heterocycles. The number of benzene rings is 1. The Morgan fingerprint density at radius 3 is 2.19 bits per heavy atom. The summed E-state index contributed by atoms with van der Waals surface area (Å²) in [6, 6.07) is 8.62. The summed E-state index contributed by atoms with van der Waals surface area (Å²) in [5, 5.41) is 2.48. The minimum Gasteiger partial charge on any atom is -0.325 e. The average Bonchev–Trinajstić information content (AvgIpc) is 2.60. The summed E-state index contributed by atoms with van der Waals surface area (Å²) in [5.74, 6) is -3.24. The summed E-state index contributed by atoms with van der Waals surface area (Å²) in [7, 11) is 0. The number of rotatable bonds is 2. The van der Waals surface area contributed by atoms with Gasteiger partial charge in [-0.1, -0.05) is 18.2 Å². The van der Waals surface area contributed by atoms with Crippen LogP contribution in [0.5, 0.6) is 0 Å². The topological polar surface area (TPSA) is 87.3 Å². The monoisotopic (exact) mass is 219 g/mol. The number of hydrazine groups is 1. The van der Waals surface area contributed by atoms with Crippen molar-refractivity contribution >= 4 is 23.4 Å². The van der Waals surface area contributed by atoms with Crippen molar-refractivity contribution in [1.29, 1.82) is 0 Å². The van der Waals surface area contributed by atoms with E-state index in [4.69, 9.17) is 0 Å². The van der Waals surface area contributed by atoms with Crippen molar-refractivity contribution in [1.82, 2.24) is 10.9 Å². The SMILES string of the molecule is O=C1NNC(=O)C1C(=O)Nc1ccccc1. The summed E-state index contributed by atoms with van der Waals surface area (Å²) >= 11 is 0. The Morgan fingerprint density at radius 2 is 1.62 bits per heavy atom. The molecule has 1 aliphatic heterocycles. The molecule has 1 fully saturated rings. The fourth-order valence-corrected chi connectivity index (χ4v) is 1.36. The van der Waals surface area contributed by atoms with Gasteiger partial charge in [0.1, 0.15) is 0 Å². The highest BCUT2D eigenvalue weighted by atomic mass is 16.2. The minimum absolute atomic E-state index is 0.542. The summed E-state index contributed by atoms with van der Waals surface area (Å²) in [6.07, 6.45) is 0. The maximum atomic E-state index is 11.6. The normalized spacial score (nSPS) is 15.5. The second kappa shape index (κ2) is 4.01. The van der Waals surface area contributed by atoms with E-state index in [1.54, 1.807) is 30.3 Å². The summed E-state index contributed by atoms with van der Waals surface area (Å²) in [5.41, 5.74) is 4.72. The van der Waals surface area contributed by atoms with Crippen LogP contribution in [0, 0.1) is 5.92 Å². The molecule has 2 rings (SSSR count). The zero-order valence-electron chi connectivity index (χ0n) is 8.19. The van der Waals surface area contributed by atoms with Crippen LogP contribution in [0.4, 0.5) is 5.69 Å². The zero-order chi connectivity index (χ0) is 11.5. The van der Waals surface area contributed by atoms with Crippen LogP contribution in [0.1, 0.15) is 0 Å². The molecule has 82 valence electrons. The van der Waals surface area contributed by atoms with E-state index in [-0.39, 0.29) is 0 Å². The Kier molecular flexibility index (Phi) is 2.55. The number of nitrogens with one attached hydrogen (secondary N) is 3. The fourth-order valence-electron chi connectivity index (χ4n) is 1.36. The maximum absolute atomic E-state index is 11.6. The summed E-state index contributed by atoms with van der Waals surface area (Å²) < 4.78 is 0. The molecule has 0 saturated carbocycles. The Bertz CT molecular complexity index is 428.